The molecule has 0 saturated heterocycles. The zero-order valence-electron chi connectivity index (χ0n) is 9.61. The minimum absolute atomic E-state index is 0.00925. The predicted octanol–water partition coefficient (Wildman–Crippen LogP) is 2.93. The van der Waals surface area contributed by atoms with Crippen LogP contribution in [0, 0.1) is 0 Å². The number of aromatic hydroxyl groups is 1. The summed E-state index contributed by atoms with van der Waals surface area (Å²) in [6.07, 6.45) is 0.341. The first-order valence-electron chi connectivity index (χ1n) is 5.64. The molecule has 1 aromatic rings. The zero-order valence-corrected chi connectivity index (χ0v) is 9.61. The van der Waals surface area contributed by atoms with Crippen molar-refractivity contribution in [1.82, 2.24) is 0 Å². The van der Waals surface area contributed by atoms with Gasteiger partial charge in [0.2, 0.25) is 0 Å². The molecule has 1 aromatic carbocycles. The second-order valence-electron chi connectivity index (χ2n) is 4.74. The van der Waals surface area contributed by atoms with Gasteiger partial charge < -0.3 is 10.2 Å². The van der Waals surface area contributed by atoms with E-state index in [1.807, 2.05) is 0 Å². The van der Waals surface area contributed by atoms with Gasteiger partial charge in [0, 0.05) is 11.0 Å². The van der Waals surface area contributed by atoms with E-state index in [0.29, 0.717) is 11.1 Å². The van der Waals surface area contributed by atoms with Crippen LogP contribution in [0.25, 0.3) is 0 Å². The summed E-state index contributed by atoms with van der Waals surface area (Å²) in [6, 6.07) is 4.57. The molecule has 0 bridgehead atoms. The number of phenolic OH excluding ortho intramolecular Hbond substituents is 1. The van der Waals surface area contributed by atoms with Gasteiger partial charge in [0.1, 0.15) is 11.9 Å². The van der Waals surface area contributed by atoms with Crippen molar-refractivity contribution in [2.24, 2.45) is 0 Å². The number of carboxylic acids is 1. The van der Waals surface area contributed by atoms with E-state index in [0.717, 1.165) is 12.8 Å². The molecule has 0 aromatic heterocycles. The lowest BCUT2D eigenvalue weighted by Crippen LogP contribution is -2.13. The molecule has 0 spiro atoms. The number of aliphatic carboxylic acids is 1. The molecule has 1 aliphatic carbocycles. The number of hydrogen-bond donors (Lipinski definition) is 2. The summed E-state index contributed by atoms with van der Waals surface area (Å²) in [4.78, 5) is 10.8. The Bertz CT molecular complexity index is 450. The minimum Gasteiger partial charge on any atom is -0.508 e. The van der Waals surface area contributed by atoms with E-state index >= 15 is 0 Å². The lowest BCUT2D eigenvalue weighted by Gasteiger charge is -2.16. The highest BCUT2D eigenvalue weighted by Crippen LogP contribution is 2.54. The maximum atomic E-state index is 13.2. The smallest absolute Gasteiger partial charge is 0.304 e. The van der Waals surface area contributed by atoms with Crippen LogP contribution in [0.3, 0.4) is 0 Å². The number of phenols is 1. The van der Waals surface area contributed by atoms with Crippen LogP contribution >= 0.6 is 0 Å². The molecule has 92 valence electrons. The van der Waals surface area contributed by atoms with Crippen molar-refractivity contribution in [2.45, 2.75) is 37.8 Å². The standard InChI is InChI=1S/C13H15FO3/c1-8(14)9-2-3-11(15)10(6-9)13(4-5-13)7-12(16)17/h2-3,6,8,15H,4-5,7H2,1H3,(H,16,17). The molecule has 3 nitrogen and oxygen atoms in total. The van der Waals surface area contributed by atoms with E-state index < -0.39 is 17.6 Å². The second-order valence-corrected chi connectivity index (χ2v) is 4.74. The third kappa shape index (κ3) is 2.25. The Balaban J connectivity index is 2.37. The molecule has 2 N–H and O–H groups in total. The zero-order chi connectivity index (χ0) is 12.6. The fraction of sp³-hybridized carbons (Fsp3) is 0.462. The van der Waals surface area contributed by atoms with Gasteiger partial charge in [-0.05, 0) is 37.5 Å². The Morgan fingerprint density at radius 1 is 1.53 bits per heavy atom. The number of alkyl halides is 1. The largest absolute Gasteiger partial charge is 0.508 e. The van der Waals surface area contributed by atoms with Crippen molar-refractivity contribution >= 4 is 5.97 Å². The van der Waals surface area contributed by atoms with Gasteiger partial charge >= 0.3 is 5.97 Å². The summed E-state index contributed by atoms with van der Waals surface area (Å²) in [5.41, 5.74) is 0.567. The lowest BCUT2D eigenvalue weighted by atomic mass is 9.90. The van der Waals surface area contributed by atoms with Crippen LogP contribution in [-0.2, 0) is 10.2 Å². The van der Waals surface area contributed by atoms with Gasteiger partial charge in [0.25, 0.3) is 0 Å². The Hall–Kier alpha value is -1.58. The molecule has 0 radical (unpaired) electrons. The Morgan fingerprint density at radius 3 is 2.65 bits per heavy atom. The highest BCUT2D eigenvalue weighted by Gasteiger charge is 2.47. The van der Waals surface area contributed by atoms with E-state index in [1.165, 1.54) is 19.1 Å². The molecule has 17 heavy (non-hydrogen) atoms. The van der Waals surface area contributed by atoms with Crippen LogP contribution in [0.1, 0.15) is 43.5 Å². The molecule has 2 rings (SSSR count). The normalized spacial score (nSPS) is 18.7. The topological polar surface area (TPSA) is 57.5 Å². The summed E-state index contributed by atoms with van der Waals surface area (Å²) < 4.78 is 13.2. The quantitative estimate of drug-likeness (QED) is 0.847. The maximum Gasteiger partial charge on any atom is 0.304 e. The molecule has 0 aliphatic heterocycles. The molecule has 0 amide bonds. The summed E-state index contributed by atoms with van der Waals surface area (Å²) in [6.45, 7) is 1.42. The molecule has 1 saturated carbocycles. The van der Waals surface area contributed by atoms with Gasteiger partial charge in [0.15, 0.2) is 0 Å². The fourth-order valence-electron chi connectivity index (χ4n) is 2.21. The van der Waals surface area contributed by atoms with Gasteiger partial charge in [0.05, 0.1) is 6.42 Å². The summed E-state index contributed by atoms with van der Waals surface area (Å²) >= 11 is 0. The van der Waals surface area contributed by atoms with Crippen molar-refractivity contribution in [3.8, 4) is 5.75 Å². The molecule has 4 heteroatoms. The van der Waals surface area contributed by atoms with Gasteiger partial charge in [-0.25, -0.2) is 4.39 Å². The summed E-state index contributed by atoms with van der Waals surface area (Å²) in [5, 5.41) is 18.7. The van der Waals surface area contributed by atoms with Crippen LogP contribution in [0.15, 0.2) is 18.2 Å². The van der Waals surface area contributed by atoms with Crippen molar-refractivity contribution in [1.29, 1.82) is 0 Å². The average Bonchev–Trinajstić information content (AvgIpc) is 2.97. The van der Waals surface area contributed by atoms with E-state index in [1.54, 1.807) is 6.07 Å². The highest BCUT2D eigenvalue weighted by atomic mass is 19.1. The first-order valence-corrected chi connectivity index (χ1v) is 5.64. The van der Waals surface area contributed by atoms with Crippen LogP contribution in [0.4, 0.5) is 4.39 Å². The van der Waals surface area contributed by atoms with Gasteiger partial charge in [-0.15, -0.1) is 0 Å². The van der Waals surface area contributed by atoms with Gasteiger partial charge in [-0.1, -0.05) is 6.07 Å². The second kappa shape index (κ2) is 4.02. The molecule has 1 unspecified atom stereocenters. The number of benzene rings is 1. The van der Waals surface area contributed by atoms with E-state index in [2.05, 4.69) is 0 Å². The van der Waals surface area contributed by atoms with Crippen LogP contribution < -0.4 is 0 Å². The Labute approximate surface area is 98.9 Å². The fourth-order valence-corrected chi connectivity index (χ4v) is 2.21. The van der Waals surface area contributed by atoms with E-state index in [9.17, 15) is 14.3 Å². The maximum absolute atomic E-state index is 13.2. The number of hydrogen-bond acceptors (Lipinski definition) is 2. The minimum atomic E-state index is -1.12. The number of carbonyl (C=O) groups is 1. The third-order valence-electron chi connectivity index (χ3n) is 3.39. The first kappa shape index (κ1) is 11.9. The van der Waals surface area contributed by atoms with Crippen molar-refractivity contribution in [3.63, 3.8) is 0 Å². The van der Waals surface area contributed by atoms with Crippen LogP contribution in [0.5, 0.6) is 5.75 Å². The molecular weight excluding hydrogens is 223 g/mol. The van der Waals surface area contributed by atoms with Crippen LogP contribution in [-0.4, -0.2) is 16.2 Å². The summed E-state index contributed by atoms with van der Waals surface area (Å²) in [7, 11) is 0. The Kier molecular flexibility index (Phi) is 2.81. The van der Waals surface area contributed by atoms with Gasteiger partial charge in [-0.2, -0.15) is 0 Å². The van der Waals surface area contributed by atoms with E-state index in [4.69, 9.17) is 5.11 Å². The van der Waals surface area contributed by atoms with E-state index in [-0.39, 0.29) is 12.2 Å². The average molecular weight is 238 g/mol. The predicted molar refractivity (Wildman–Crippen MR) is 60.8 cm³/mol. The molecule has 0 heterocycles. The molecule has 1 fully saturated rings. The number of halogens is 1. The number of rotatable bonds is 4. The first-order chi connectivity index (χ1) is 7.94. The summed E-state index contributed by atoms with van der Waals surface area (Å²) in [5.74, 6) is -0.825. The lowest BCUT2D eigenvalue weighted by molar-refractivity contribution is -0.137. The number of carboxylic acid groups (broad SMARTS) is 1. The third-order valence-corrected chi connectivity index (χ3v) is 3.39. The van der Waals surface area contributed by atoms with Crippen molar-refractivity contribution in [3.05, 3.63) is 29.3 Å². The Morgan fingerprint density at radius 2 is 2.18 bits per heavy atom. The van der Waals surface area contributed by atoms with Crippen LogP contribution in [0.2, 0.25) is 0 Å². The van der Waals surface area contributed by atoms with Crippen molar-refractivity contribution < 1.29 is 19.4 Å². The SMILES string of the molecule is CC(F)c1ccc(O)c(C2(CC(=O)O)CC2)c1. The highest BCUT2D eigenvalue weighted by molar-refractivity contribution is 5.70. The van der Waals surface area contributed by atoms with Crippen molar-refractivity contribution in [2.75, 3.05) is 0 Å². The molecule has 1 aliphatic rings. The van der Waals surface area contributed by atoms with Gasteiger partial charge in [-0.3, -0.25) is 4.79 Å². The molecular formula is C13H15FO3. The monoisotopic (exact) mass is 238 g/mol. The molecule has 1 atom stereocenters.